The molecule has 0 bridgehead atoms. The molecule has 1 aromatic rings. The van der Waals surface area contributed by atoms with Gasteiger partial charge in [-0.25, -0.2) is 0 Å². The summed E-state index contributed by atoms with van der Waals surface area (Å²) < 4.78 is 39.9. The maximum absolute atomic E-state index is 11.8. The zero-order valence-corrected chi connectivity index (χ0v) is 11.2. The molecule has 0 unspecified atom stereocenters. The van der Waals surface area contributed by atoms with Gasteiger partial charge in [-0.3, -0.25) is 0 Å². The summed E-state index contributed by atoms with van der Waals surface area (Å²) in [5.41, 5.74) is 0.275. The minimum Gasteiger partial charge on any atom is -0.522 e. The predicted molar refractivity (Wildman–Crippen MR) is 45.7 cm³/mol. The van der Waals surface area contributed by atoms with Crippen LogP contribution < -0.4 is 56.1 Å². The van der Waals surface area contributed by atoms with E-state index in [1.807, 2.05) is 6.07 Å². The molecule has 7 heteroatoms. The summed E-state index contributed by atoms with van der Waals surface area (Å²) in [6, 6.07) is 7.41. The first-order chi connectivity index (χ1) is 6.51. The van der Waals surface area contributed by atoms with Crippen LogP contribution in [0.4, 0.5) is 12.9 Å². The van der Waals surface area contributed by atoms with Crippen LogP contribution in [0.5, 0.6) is 5.75 Å². The van der Waals surface area contributed by atoms with Crippen LogP contribution in [0.25, 0.3) is 0 Å². The average molecular weight is 239 g/mol. The smallest absolute Gasteiger partial charge is 0.522 e. The van der Waals surface area contributed by atoms with Gasteiger partial charge in [0.05, 0.1) is 18.1 Å². The Labute approximate surface area is 128 Å². The standard InChI is InChI=1S/C8H6BF3NO.K/c10-9(11,12)6-14-8-3-1-2-7(4-8)5-13;/h1-4H,6H2;/q-1;+1. The molecule has 0 aromatic heterocycles. The van der Waals surface area contributed by atoms with Gasteiger partial charge in [0, 0.05) is 0 Å². The molecule has 0 aliphatic carbocycles. The SMILES string of the molecule is N#Cc1cccc(OC[B-](F)(F)F)c1.[K+]. The van der Waals surface area contributed by atoms with E-state index in [9.17, 15) is 12.9 Å². The summed E-state index contributed by atoms with van der Waals surface area (Å²) >= 11 is 0. The molecular weight excluding hydrogens is 233 g/mol. The third-order valence-electron chi connectivity index (χ3n) is 1.40. The Balaban J connectivity index is 0.00000196. The van der Waals surface area contributed by atoms with Crippen molar-refractivity contribution in [3.05, 3.63) is 29.8 Å². The van der Waals surface area contributed by atoms with E-state index in [0.717, 1.165) is 0 Å². The van der Waals surface area contributed by atoms with Crippen molar-refractivity contribution < 1.29 is 69.1 Å². The van der Waals surface area contributed by atoms with Gasteiger partial charge in [-0.05, 0) is 18.2 Å². The molecule has 0 heterocycles. The van der Waals surface area contributed by atoms with E-state index in [1.54, 1.807) is 0 Å². The first kappa shape index (κ1) is 15.0. The second-order valence-electron chi connectivity index (χ2n) is 2.66. The molecule has 74 valence electrons. The number of hydrogen-bond donors (Lipinski definition) is 0. The Morgan fingerprint density at radius 3 is 2.53 bits per heavy atom. The van der Waals surface area contributed by atoms with Crippen molar-refractivity contribution >= 4 is 6.98 Å². The molecule has 0 fully saturated rings. The van der Waals surface area contributed by atoms with Gasteiger partial charge in [0.25, 0.3) is 0 Å². The predicted octanol–water partition coefficient (Wildman–Crippen LogP) is -0.672. The van der Waals surface area contributed by atoms with Crippen LogP contribution >= 0.6 is 0 Å². The second kappa shape index (κ2) is 6.56. The van der Waals surface area contributed by atoms with E-state index in [0.29, 0.717) is 0 Å². The Morgan fingerprint density at radius 1 is 1.33 bits per heavy atom. The molecular formula is C8H6BF3KNO. The van der Waals surface area contributed by atoms with Gasteiger partial charge in [0.15, 0.2) is 0 Å². The Morgan fingerprint density at radius 2 is 2.00 bits per heavy atom. The van der Waals surface area contributed by atoms with E-state index in [1.165, 1.54) is 24.3 Å². The van der Waals surface area contributed by atoms with Crippen molar-refractivity contribution in [2.45, 2.75) is 0 Å². The average Bonchev–Trinajstić information content (AvgIpc) is 2.14. The van der Waals surface area contributed by atoms with Crippen LogP contribution in [-0.2, 0) is 0 Å². The monoisotopic (exact) mass is 239 g/mol. The number of benzene rings is 1. The molecule has 0 saturated carbocycles. The zero-order chi connectivity index (χ0) is 10.6. The maximum Gasteiger partial charge on any atom is 1.00 e. The molecule has 1 rings (SSSR count). The topological polar surface area (TPSA) is 33.0 Å². The van der Waals surface area contributed by atoms with E-state index < -0.39 is 13.5 Å². The molecule has 0 amide bonds. The van der Waals surface area contributed by atoms with Gasteiger partial charge in [0.1, 0.15) is 5.75 Å². The van der Waals surface area contributed by atoms with Crippen molar-refractivity contribution in [2.24, 2.45) is 0 Å². The number of rotatable bonds is 3. The molecule has 0 radical (unpaired) electrons. The number of hydrogen-bond acceptors (Lipinski definition) is 2. The van der Waals surface area contributed by atoms with Crippen molar-refractivity contribution in [2.75, 3.05) is 6.51 Å². The number of ether oxygens (including phenoxy) is 1. The molecule has 0 aliphatic heterocycles. The maximum atomic E-state index is 11.8. The van der Waals surface area contributed by atoms with Crippen LogP contribution in [0.2, 0.25) is 0 Å². The van der Waals surface area contributed by atoms with Gasteiger partial charge >= 0.3 is 58.4 Å². The molecule has 15 heavy (non-hydrogen) atoms. The summed E-state index contributed by atoms with van der Waals surface area (Å²) in [7, 11) is 0. The summed E-state index contributed by atoms with van der Waals surface area (Å²) in [5.74, 6) is 0.0586. The molecule has 0 N–H and O–H groups in total. The van der Waals surface area contributed by atoms with Crippen LogP contribution in [0.15, 0.2) is 24.3 Å². The van der Waals surface area contributed by atoms with Gasteiger partial charge in [-0.15, -0.1) is 0 Å². The van der Waals surface area contributed by atoms with Crippen LogP contribution in [0, 0.1) is 11.3 Å². The van der Waals surface area contributed by atoms with Gasteiger partial charge in [-0.2, -0.15) is 5.26 Å². The van der Waals surface area contributed by atoms with Crippen LogP contribution in [-0.4, -0.2) is 13.5 Å². The van der Waals surface area contributed by atoms with E-state index in [4.69, 9.17) is 5.26 Å². The molecule has 0 saturated heterocycles. The van der Waals surface area contributed by atoms with Crippen molar-refractivity contribution in [1.29, 1.82) is 5.26 Å². The summed E-state index contributed by atoms with van der Waals surface area (Å²) in [6.45, 7) is -6.23. The molecule has 1 aromatic carbocycles. The van der Waals surface area contributed by atoms with Crippen molar-refractivity contribution in [1.82, 2.24) is 0 Å². The van der Waals surface area contributed by atoms with Gasteiger partial charge in [0.2, 0.25) is 0 Å². The van der Waals surface area contributed by atoms with E-state index in [-0.39, 0.29) is 62.7 Å². The first-order valence-electron chi connectivity index (χ1n) is 3.85. The molecule has 0 atom stereocenters. The Kier molecular flexibility index (Phi) is 6.56. The fraction of sp³-hybridized carbons (Fsp3) is 0.125. The number of nitriles is 1. The fourth-order valence-electron chi connectivity index (χ4n) is 0.846. The molecule has 0 spiro atoms. The third kappa shape index (κ3) is 6.22. The summed E-state index contributed by atoms with van der Waals surface area (Å²) in [6.07, 6.45) is 0. The summed E-state index contributed by atoms with van der Waals surface area (Å²) in [5, 5.41) is 8.47. The zero-order valence-electron chi connectivity index (χ0n) is 8.08. The van der Waals surface area contributed by atoms with Gasteiger partial charge < -0.3 is 17.7 Å². The van der Waals surface area contributed by atoms with Gasteiger partial charge in [-0.1, -0.05) is 6.07 Å². The van der Waals surface area contributed by atoms with Crippen LogP contribution in [0.3, 0.4) is 0 Å². The third-order valence-corrected chi connectivity index (χ3v) is 1.40. The summed E-state index contributed by atoms with van der Waals surface area (Å²) in [4.78, 5) is 0. The minimum absolute atomic E-state index is 0. The first-order valence-corrected chi connectivity index (χ1v) is 3.85. The van der Waals surface area contributed by atoms with Crippen molar-refractivity contribution in [3.8, 4) is 11.8 Å². The molecule has 2 nitrogen and oxygen atoms in total. The largest absolute Gasteiger partial charge is 1.00 e. The second-order valence-corrected chi connectivity index (χ2v) is 2.66. The van der Waals surface area contributed by atoms with E-state index >= 15 is 0 Å². The fourth-order valence-corrected chi connectivity index (χ4v) is 0.846. The Hall–Kier alpha value is 0.00130. The van der Waals surface area contributed by atoms with Crippen LogP contribution in [0.1, 0.15) is 5.56 Å². The quantitative estimate of drug-likeness (QED) is 0.655. The minimum atomic E-state index is -4.95. The number of halogens is 3. The number of nitrogens with zero attached hydrogens (tertiary/aromatic N) is 1. The Bertz CT molecular complexity index is 364. The molecule has 0 aliphatic rings. The normalized spacial score (nSPS) is 10.0. The van der Waals surface area contributed by atoms with E-state index in [2.05, 4.69) is 4.74 Å². The van der Waals surface area contributed by atoms with Crippen molar-refractivity contribution in [3.63, 3.8) is 0 Å².